The normalized spacial score (nSPS) is 17.4. The summed E-state index contributed by atoms with van der Waals surface area (Å²) in [4.78, 5) is 11.9. The fraction of sp³-hybridized carbons (Fsp3) is 0.562. The Bertz CT molecular complexity index is 458. The summed E-state index contributed by atoms with van der Waals surface area (Å²) in [7, 11) is 0. The molecule has 3 heteroatoms. The van der Waals surface area contributed by atoms with Crippen LogP contribution in [0.1, 0.15) is 49.4 Å². The van der Waals surface area contributed by atoms with E-state index < -0.39 is 0 Å². The smallest absolute Gasteiger partial charge is 0.224 e. The molecule has 2 rings (SSSR count). The summed E-state index contributed by atoms with van der Waals surface area (Å²) in [6, 6.07) is 6.66. The van der Waals surface area contributed by atoms with Crippen LogP contribution < -0.4 is 5.32 Å². The zero-order valence-corrected chi connectivity index (χ0v) is 12.5. The fourth-order valence-corrected chi connectivity index (χ4v) is 2.67. The molecule has 1 aromatic carbocycles. The first kappa shape index (κ1) is 14.4. The lowest BCUT2D eigenvalue weighted by Crippen LogP contribution is -2.32. The van der Waals surface area contributed by atoms with Gasteiger partial charge in [0.15, 0.2) is 0 Å². The molecule has 0 aliphatic heterocycles. The largest absolute Gasteiger partial charge is 0.349 e. The van der Waals surface area contributed by atoms with Gasteiger partial charge in [-0.05, 0) is 49.3 Å². The van der Waals surface area contributed by atoms with E-state index in [1.807, 2.05) is 13.8 Å². The number of aryl methyl sites for hydroxylation is 2. The molecule has 1 aromatic rings. The lowest BCUT2D eigenvalue weighted by atomic mass is 9.89. The minimum absolute atomic E-state index is 0.0280. The molecule has 0 radical (unpaired) electrons. The Hall–Kier alpha value is -1.02. The number of fused-ring (bicyclic) bond motifs is 1. The number of hydrogen-bond donors (Lipinski definition) is 1. The minimum atomic E-state index is -0.137. The van der Waals surface area contributed by atoms with Gasteiger partial charge in [0.2, 0.25) is 5.91 Å². The zero-order valence-electron chi connectivity index (χ0n) is 11.7. The predicted molar refractivity (Wildman–Crippen MR) is 79.5 cm³/mol. The highest BCUT2D eigenvalue weighted by Crippen LogP contribution is 2.24. The van der Waals surface area contributed by atoms with Crippen LogP contribution in [0.3, 0.4) is 0 Å². The number of carbonyl (C=O) groups is 1. The Morgan fingerprint density at radius 1 is 1.26 bits per heavy atom. The van der Waals surface area contributed by atoms with Crippen molar-refractivity contribution in [1.82, 2.24) is 5.32 Å². The Balaban J connectivity index is 2.07. The van der Waals surface area contributed by atoms with Crippen LogP contribution in [0.2, 0.25) is 0 Å². The Morgan fingerprint density at radius 3 is 2.63 bits per heavy atom. The van der Waals surface area contributed by atoms with E-state index in [1.165, 1.54) is 42.4 Å². The first-order valence-electron chi connectivity index (χ1n) is 7.10. The number of hydrogen-bond acceptors (Lipinski definition) is 1. The molecule has 0 bridgehead atoms. The molecule has 1 aliphatic rings. The third-order valence-corrected chi connectivity index (χ3v) is 4.37. The first-order chi connectivity index (χ1) is 9.11. The van der Waals surface area contributed by atoms with E-state index in [0.29, 0.717) is 5.88 Å². The van der Waals surface area contributed by atoms with Crippen molar-refractivity contribution in [3.8, 4) is 0 Å². The molecule has 0 heterocycles. The second-order valence-electron chi connectivity index (χ2n) is 5.52. The number of amides is 1. The van der Waals surface area contributed by atoms with Crippen LogP contribution in [0.5, 0.6) is 0 Å². The van der Waals surface area contributed by atoms with Gasteiger partial charge in [-0.3, -0.25) is 4.79 Å². The molecule has 1 aliphatic carbocycles. The molecule has 2 nitrogen and oxygen atoms in total. The number of benzene rings is 1. The van der Waals surface area contributed by atoms with Gasteiger partial charge in [0.25, 0.3) is 0 Å². The molecule has 104 valence electrons. The summed E-state index contributed by atoms with van der Waals surface area (Å²) in [5.74, 6) is 0.255. The van der Waals surface area contributed by atoms with Crippen molar-refractivity contribution in [1.29, 1.82) is 0 Å². The van der Waals surface area contributed by atoms with Crippen LogP contribution in [0.25, 0.3) is 0 Å². The maximum Gasteiger partial charge on any atom is 0.224 e. The summed E-state index contributed by atoms with van der Waals surface area (Å²) < 4.78 is 0. The third-order valence-electron chi connectivity index (χ3n) is 3.91. The van der Waals surface area contributed by atoms with Crippen molar-refractivity contribution in [3.05, 3.63) is 34.9 Å². The van der Waals surface area contributed by atoms with Crippen LogP contribution in [0, 0.1) is 5.92 Å². The first-order valence-corrected chi connectivity index (χ1v) is 7.63. The number of alkyl halides is 1. The maximum atomic E-state index is 11.9. The number of nitrogens with one attached hydrogen (secondary N) is 1. The number of carbonyl (C=O) groups excluding carboxylic acids is 1. The topological polar surface area (TPSA) is 29.1 Å². The van der Waals surface area contributed by atoms with Crippen molar-refractivity contribution in [2.24, 2.45) is 5.92 Å². The molecule has 0 spiro atoms. The molecule has 1 N–H and O–H groups in total. The van der Waals surface area contributed by atoms with Gasteiger partial charge in [0.1, 0.15) is 0 Å². The van der Waals surface area contributed by atoms with E-state index in [2.05, 4.69) is 23.5 Å². The second kappa shape index (κ2) is 6.42. The molecular formula is C16H22ClNO. The quantitative estimate of drug-likeness (QED) is 0.838. The monoisotopic (exact) mass is 279 g/mol. The number of halogens is 1. The molecule has 1 amide bonds. The average molecular weight is 280 g/mol. The molecule has 2 unspecified atom stereocenters. The van der Waals surface area contributed by atoms with Gasteiger partial charge in [0, 0.05) is 11.8 Å². The summed E-state index contributed by atoms with van der Waals surface area (Å²) in [5, 5.41) is 3.03. The SMILES string of the molecule is CC(CCl)C(=O)NC(C)c1ccc2c(c1)CCCC2. The summed E-state index contributed by atoms with van der Waals surface area (Å²) in [6.45, 7) is 3.88. The van der Waals surface area contributed by atoms with E-state index in [1.54, 1.807) is 0 Å². The van der Waals surface area contributed by atoms with Gasteiger partial charge in [-0.25, -0.2) is 0 Å². The van der Waals surface area contributed by atoms with Crippen LogP contribution >= 0.6 is 11.6 Å². The fourth-order valence-electron chi connectivity index (χ4n) is 2.53. The van der Waals surface area contributed by atoms with Crippen LogP contribution in [-0.4, -0.2) is 11.8 Å². The van der Waals surface area contributed by atoms with Crippen LogP contribution in [0.4, 0.5) is 0 Å². The summed E-state index contributed by atoms with van der Waals surface area (Å²) in [5.41, 5.74) is 4.12. The number of rotatable bonds is 4. The van der Waals surface area contributed by atoms with Crippen molar-refractivity contribution >= 4 is 17.5 Å². The van der Waals surface area contributed by atoms with Crippen LogP contribution in [0.15, 0.2) is 18.2 Å². The zero-order chi connectivity index (χ0) is 13.8. The van der Waals surface area contributed by atoms with Crippen molar-refractivity contribution < 1.29 is 4.79 Å². The molecule has 0 saturated carbocycles. The summed E-state index contributed by atoms with van der Waals surface area (Å²) >= 11 is 5.71. The van der Waals surface area contributed by atoms with E-state index in [-0.39, 0.29) is 17.9 Å². The molecule has 0 fully saturated rings. The van der Waals surface area contributed by atoms with E-state index in [9.17, 15) is 4.79 Å². The molecular weight excluding hydrogens is 258 g/mol. The van der Waals surface area contributed by atoms with Crippen LogP contribution in [-0.2, 0) is 17.6 Å². The van der Waals surface area contributed by atoms with Crippen molar-refractivity contribution in [2.45, 2.75) is 45.6 Å². The summed E-state index contributed by atoms with van der Waals surface area (Å²) in [6.07, 6.45) is 4.94. The average Bonchev–Trinajstić information content (AvgIpc) is 2.45. The van der Waals surface area contributed by atoms with E-state index >= 15 is 0 Å². The van der Waals surface area contributed by atoms with E-state index in [4.69, 9.17) is 11.6 Å². The highest BCUT2D eigenvalue weighted by molar-refractivity contribution is 6.19. The van der Waals surface area contributed by atoms with E-state index in [0.717, 1.165) is 0 Å². The molecule has 0 saturated heterocycles. The third kappa shape index (κ3) is 3.50. The lowest BCUT2D eigenvalue weighted by Gasteiger charge is -2.21. The molecule has 0 aromatic heterocycles. The second-order valence-corrected chi connectivity index (χ2v) is 5.83. The maximum absolute atomic E-state index is 11.9. The molecule has 2 atom stereocenters. The lowest BCUT2D eigenvalue weighted by molar-refractivity contribution is -0.124. The van der Waals surface area contributed by atoms with Gasteiger partial charge in [-0.15, -0.1) is 11.6 Å². The van der Waals surface area contributed by atoms with Gasteiger partial charge in [-0.2, -0.15) is 0 Å². The standard InChI is InChI=1S/C16H22ClNO/c1-11(10-17)16(19)18-12(2)14-8-7-13-5-3-4-6-15(13)9-14/h7-9,11-12H,3-6,10H2,1-2H3,(H,18,19). The predicted octanol–water partition coefficient (Wildman–Crippen LogP) is 3.62. The van der Waals surface area contributed by atoms with Gasteiger partial charge >= 0.3 is 0 Å². The van der Waals surface area contributed by atoms with Gasteiger partial charge < -0.3 is 5.32 Å². The highest BCUT2D eigenvalue weighted by atomic mass is 35.5. The molecule has 19 heavy (non-hydrogen) atoms. The Labute approximate surface area is 120 Å². The highest BCUT2D eigenvalue weighted by Gasteiger charge is 2.16. The van der Waals surface area contributed by atoms with Crippen molar-refractivity contribution in [3.63, 3.8) is 0 Å². The van der Waals surface area contributed by atoms with Gasteiger partial charge in [-0.1, -0.05) is 25.1 Å². The van der Waals surface area contributed by atoms with Crippen molar-refractivity contribution in [2.75, 3.05) is 5.88 Å². The van der Waals surface area contributed by atoms with Gasteiger partial charge in [0.05, 0.1) is 6.04 Å². The Kier molecular flexibility index (Phi) is 4.87. The Morgan fingerprint density at radius 2 is 1.95 bits per heavy atom. The minimum Gasteiger partial charge on any atom is -0.349 e.